The van der Waals surface area contributed by atoms with Crippen molar-refractivity contribution < 1.29 is 0 Å². The second-order valence-corrected chi connectivity index (χ2v) is 7.42. The highest BCUT2D eigenvalue weighted by Gasteiger charge is 2.26. The lowest BCUT2D eigenvalue weighted by Gasteiger charge is -2.33. The highest BCUT2D eigenvalue weighted by atomic mass is 32.2. The van der Waals surface area contributed by atoms with Crippen LogP contribution in [0.4, 0.5) is 0 Å². The Balaban J connectivity index is 1.91. The van der Waals surface area contributed by atoms with E-state index in [1.165, 1.54) is 41.9 Å². The fourth-order valence-corrected chi connectivity index (χ4v) is 4.57. The van der Waals surface area contributed by atoms with Gasteiger partial charge in [-0.1, -0.05) is 44.4 Å². The van der Waals surface area contributed by atoms with E-state index in [0.717, 1.165) is 18.4 Å². The van der Waals surface area contributed by atoms with E-state index in [4.69, 9.17) is 0 Å². The van der Waals surface area contributed by atoms with Gasteiger partial charge in [0.05, 0.1) is 0 Å². The van der Waals surface area contributed by atoms with Gasteiger partial charge >= 0.3 is 0 Å². The van der Waals surface area contributed by atoms with Crippen molar-refractivity contribution in [3.63, 3.8) is 0 Å². The predicted octanol–water partition coefficient (Wildman–Crippen LogP) is 4.89. The molecule has 1 saturated carbocycles. The zero-order chi connectivity index (χ0) is 14.4. The second kappa shape index (κ2) is 8.09. The van der Waals surface area contributed by atoms with Crippen LogP contribution in [0.25, 0.3) is 0 Å². The van der Waals surface area contributed by atoms with Crippen LogP contribution in [-0.4, -0.2) is 18.3 Å². The Hall–Kier alpha value is -0.470. The number of thioether (sulfide) groups is 1. The Kier molecular flexibility index (Phi) is 6.44. The molecule has 1 aromatic rings. The van der Waals surface area contributed by atoms with Crippen molar-refractivity contribution in [3.05, 3.63) is 29.8 Å². The molecule has 3 atom stereocenters. The first-order valence-corrected chi connectivity index (χ1v) is 9.10. The third kappa shape index (κ3) is 4.82. The molecule has 20 heavy (non-hydrogen) atoms. The minimum Gasteiger partial charge on any atom is -0.313 e. The van der Waals surface area contributed by atoms with Crippen LogP contribution in [0, 0.1) is 18.8 Å². The molecule has 1 fully saturated rings. The van der Waals surface area contributed by atoms with Crippen LogP contribution in [0.5, 0.6) is 0 Å². The van der Waals surface area contributed by atoms with Gasteiger partial charge in [-0.2, -0.15) is 0 Å². The number of benzene rings is 1. The average Bonchev–Trinajstić information content (AvgIpc) is 2.43. The van der Waals surface area contributed by atoms with E-state index in [9.17, 15) is 0 Å². The zero-order valence-electron chi connectivity index (χ0n) is 13.2. The molecule has 3 unspecified atom stereocenters. The molecular formula is C18H29NS. The molecule has 112 valence electrons. The first kappa shape index (κ1) is 15.9. The van der Waals surface area contributed by atoms with Gasteiger partial charge in [-0.15, -0.1) is 11.8 Å². The lowest BCUT2D eigenvalue weighted by molar-refractivity contribution is 0.235. The highest BCUT2D eigenvalue weighted by Crippen LogP contribution is 2.33. The number of rotatable bonds is 6. The number of nitrogens with one attached hydrogen (secondary N) is 1. The van der Waals surface area contributed by atoms with Gasteiger partial charge < -0.3 is 5.32 Å². The van der Waals surface area contributed by atoms with Crippen LogP contribution in [-0.2, 0) is 0 Å². The van der Waals surface area contributed by atoms with Crippen LogP contribution in [0.3, 0.4) is 0 Å². The van der Waals surface area contributed by atoms with Crippen molar-refractivity contribution in [2.45, 2.75) is 57.4 Å². The van der Waals surface area contributed by atoms with Gasteiger partial charge in [0.1, 0.15) is 0 Å². The highest BCUT2D eigenvalue weighted by molar-refractivity contribution is 7.99. The number of hydrogen-bond acceptors (Lipinski definition) is 2. The topological polar surface area (TPSA) is 12.0 Å². The summed E-state index contributed by atoms with van der Waals surface area (Å²) in [5.74, 6) is 2.99. The molecule has 0 amide bonds. The van der Waals surface area contributed by atoms with E-state index in [0.29, 0.717) is 6.04 Å². The maximum Gasteiger partial charge on any atom is 0.0189 e. The molecule has 1 nitrogen and oxygen atoms in total. The monoisotopic (exact) mass is 291 g/mol. The molecule has 0 aromatic heterocycles. The maximum atomic E-state index is 3.74. The van der Waals surface area contributed by atoms with E-state index >= 15 is 0 Å². The molecule has 0 spiro atoms. The van der Waals surface area contributed by atoms with Crippen molar-refractivity contribution in [3.8, 4) is 0 Å². The molecule has 1 aliphatic carbocycles. The first-order valence-electron chi connectivity index (χ1n) is 8.12. The maximum absolute atomic E-state index is 3.74. The third-order valence-corrected chi connectivity index (χ3v) is 5.54. The zero-order valence-corrected chi connectivity index (χ0v) is 14.0. The van der Waals surface area contributed by atoms with Gasteiger partial charge in [0, 0.05) is 16.7 Å². The molecule has 0 heterocycles. The molecule has 1 aliphatic rings. The summed E-state index contributed by atoms with van der Waals surface area (Å²) in [7, 11) is 0. The number of hydrogen-bond donors (Lipinski definition) is 1. The minimum absolute atomic E-state index is 0.674. The van der Waals surface area contributed by atoms with Crippen molar-refractivity contribution >= 4 is 11.8 Å². The first-order chi connectivity index (χ1) is 9.69. The Morgan fingerprint density at radius 1 is 1.35 bits per heavy atom. The van der Waals surface area contributed by atoms with Crippen LogP contribution in [0.1, 0.15) is 45.1 Å². The lowest BCUT2D eigenvalue weighted by Crippen LogP contribution is -2.40. The smallest absolute Gasteiger partial charge is 0.0189 e. The normalized spacial score (nSPS) is 24.6. The van der Waals surface area contributed by atoms with Crippen LogP contribution < -0.4 is 5.32 Å². The molecule has 1 aromatic carbocycles. The molecule has 2 rings (SSSR count). The van der Waals surface area contributed by atoms with Gasteiger partial charge in [0.25, 0.3) is 0 Å². The predicted molar refractivity (Wildman–Crippen MR) is 90.5 cm³/mol. The molecule has 0 aliphatic heterocycles. The Bertz CT molecular complexity index is 404. The molecule has 1 N–H and O–H groups in total. The van der Waals surface area contributed by atoms with Crippen molar-refractivity contribution in [2.24, 2.45) is 11.8 Å². The van der Waals surface area contributed by atoms with Gasteiger partial charge in [0.15, 0.2) is 0 Å². The van der Waals surface area contributed by atoms with Gasteiger partial charge in [-0.3, -0.25) is 0 Å². The fraction of sp³-hybridized carbons (Fsp3) is 0.667. The largest absolute Gasteiger partial charge is 0.313 e. The second-order valence-electron chi connectivity index (χ2n) is 6.32. The summed E-state index contributed by atoms with van der Waals surface area (Å²) in [6, 6.07) is 9.56. The summed E-state index contributed by atoms with van der Waals surface area (Å²) < 4.78 is 0. The van der Waals surface area contributed by atoms with E-state index in [-0.39, 0.29) is 0 Å². The lowest BCUT2D eigenvalue weighted by atomic mass is 9.79. The summed E-state index contributed by atoms with van der Waals surface area (Å²) in [6.45, 7) is 7.91. The van der Waals surface area contributed by atoms with E-state index in [2.05, 4.69) is 50.4 Å². The Morgan fingerprint density at radius 2 is 2.20 bits per heavy atom. The van der Waals surface area contributed by atoms with Crippen molar-refractivity contribution in [2.75, 3.05) is 12.3 Å². The molecule has 0 bridgehead atoms. The SMILES string of the molecule is CCNC(CSc1cccc(C)c1)C1CCCC(C)C1. The fourth-order valence-electron chi connectivity index (χ4n) is 3.36. The van der Waals surface area contributed by atoms with Gasteiger partial charge in [0.2, 0.25) is 0 Å². The third-order valence-electron chi connectivity index (χ3n) is 4.43. The van der Waals surface area contributed by atoms with Crippen LogP contribution in [0.2, 0.25) is 0 Å². The van der Waals surface area contributed by atoms with Crippen LogP contribution >= 0.6 is 11.8 Å². The molecule has 2 heteroatoms. The Morgan fingerprint density at radius 3 is 2.90 bits per heavy atom. The van der Waals surface area contributed by atoms with Crippen molar-refractivity contribution in [1.82, 2.24) is 5.32 Å². The summed E-state index contributed by atoms with van der Waals surface area (Å²) >= 11 is 2.02. The molecule has 0 radical (unpaired) electrons. The van der Waals surface area contributed by atoms with E-state index in [1.807, 2.05) is 11.8 Å². The van der Waals surface area contributed by atoms with Crippen molar-refractivity contribution in [1.29, 1.82) is 0 Å². The van der Waals surface area contributed by atoms with E-state index < -0.39 is 0 Å². The molecule has 0 saturated heterocycles. The van der Waals surface area contributed by atoms with Gasteiger partial charge in [-0.25, -0.2) is 0 Å². The number of aryl methyl sites for hydroxylation is 1. The standard InChI is InChI=1S/C18H29NS/c1-4-19-18(16-9-5-7-14(2)11-16)13-20-17-10-6-8-15(3)12-17/h6,8,10,12,14,16,18-19H,4-5,7,9,11,13H2,1-3H3. The summed E-state index contributed by atoms with van der Waals surface area (Å²) in [5, 5.41) is 3.74. The molecular weight excluding hydrogens is 262 g/mol. The van der Waals surface area contributed by atoms with Crippen LogP contribution in [0.15, 0.2) is 29.2 Å². The summed E-state index contributed by atoms with van der Waals surface area (Å²) in [4.78, 5) is 1.41. The van der Waals surface area contributed by atoms with Gasteiger partial charge in [-0.05, 0) is 50.3 Å². The quantitative estimate of drug-likeness (QED) is 0.749. The minimum atomic E-state index is 0.674. The summed E-state index contributed by atoms with van der Waals surface area (Å²) in [6.07, 6.45) is 5.67. The van der Waals surface area contributed by atoms with E-state index in [1.54, 1.807) is 0 Å². The summed E-state index contributed by atoms with van der Waals surface area (Å²) in [5.41, 5.74) is 1.36. The average molecular weight is 292 g/mol. The Labute approximate surface area is 128 Å².